The Bertz CT molecular complexity index is 421. The van der Waals surface area contributed by atoms with Gasteiger partial charge in [0.25, 0.3) is 0 Å². The van der Waals surface area contributed by atoms with Crippen LogP contribution >= 0.6 is 0 Å². The summed E-state index contributed by atoms with van der Waals surface area (Å²) in [6, 6.07) is 6.44. The van der Waals surface area contributed by atoms with E-state index in [1.807, 2.05) is 0 Å². The Morgan fingerprint density at radius 1 is 1.33 bits per heavy atom. The van der Waals surface area contributed by atoms with Gasteiger partial charge in [0.15, 0.2) is 0 Å². The fraction of sp³-hybridized carbons (Fsp3) is 0.600. The maximum absolute atomic E-state index is 9.40. The highest BCUT2D eigenvalue weighted by Gasteiger charge is 2.35. The Morgan fingerprint density at radius 3 is 2.94 bits per heavy atom. The second kappa shape index (κ2) is 4.90. The molecule has 98 valence electrons. The summed E-state index contributed by atoms with van der Waals surface area (Å²) in [6.45, 7) is 2.95. The van der Waals surface area contributed by atoms with Crippen LogP contribution in [0.1, 0.15) is 30.4 Å². The molecule has 1 saturated carbocycles. The Labute approximate surface area is 108 Å². The minimum Gasteiger partial charge on any atom is -0.493 e. The minimum atomic E-state index is 0.167. The van der Waals surface area contributed by atoms with E-state index in [1.54, 1.807) is 0 Å². The summed E-state index contributed by atoms with van der Waals surface area (Å²) in [5, 5.41) is 12.9. The molecular weight excluding hydrogens is 226 g/mol. The van der Waals surface area contributed by atoms with Crippen molar-refractivity contribution >= 4 is 0 Å². The largest absolute Gasteiger partial charge is 0.493 e. The van der Waals surface area contributed by atoms with Crippen molar-refractivity contribution < 1.29 is 9.84 Å². The molecule has 1 fully saturated rings. The Morgan fingerprint density at radius 2 is 2.22 bits per heavy atom. The number of aliphatic hydroxyl groups excluding tert-OH is 1. The molecule has 1 aromatic rings. The highest BCUT2D eigenvalue weighted by molar-refractivity contribution is 5.39. The maximum atomic E-state index is 9.40. The molecule has 3 nitrogen and oxygen atoms in total. The van der Waals surface area contributed by atoms with Gasteiger partial charge in [0.2, 0.25) is 0 Å². The number of ether oxygens (including phenoxy) is 1. The number of aliphatic hydroxyl groups is 1. The molecule has 0 saturated heterocycles. The lowest BCUT2D eigenvalue weighted by Crippen LogP contribution is -2.42. The summed E-state index contributed by atoms with van der Waals surface area (Å²) < 4.78 is 5.50. The van der Waals surface area contributed by atoms with Gasteiger partial charge < -0.3 is 15.2 Å². The molecule has 0 bridgehead atoms. The van der Waals surface area contributed by atoms with Crippen molar-refractivity contribution in [2.45, 2.75) is 32.2 Å². The van der Waals surface area contributed by atoms with E-state index in [2.05, 4.69) is 23.5 Å². The molecule has 0 atom stereocenters. The quantitative estimate of drug-likeness (QED) is 0.834. The van der Waals surface area contributed by atoms with Gasteiger partial charge in [-0.2, -0.15) is 0 Å². The van der Waals surface area contributed by atoms with Crippen LogP contribution in [0.25, 0.3) is 0 Å². The molecule has 0 amide bonds. The molecule has 3 heteroatoms. The lowest BCUT2D eigenvalue weighted by atomic mass is 9.69. The summed E-state index contributed by atoms with van der Waals surface area (Å²) in [5.74, 6) is 1.05. The second-order valence-corrected chi connectivity index (χ2v) is 5.66. The van der Waals surface area contributed by atoms with Gasteiger partial charge in [-0.15, -0.1) is 0 Å². The molecule has 3 rings (SSSR count). The van der Waals surface area contributed by atoms with Gasteiger partial charge >= 0.3 is 0 Å². The van der Waals surface area contributed by atoms with Crippen LogP contribution in [0.2, 0.25) is 0 Å². The normalized spacial score (nSPS) is 20.1. The molecule has 2 aliphatic rings. The average molecular weight is 247 g/mol. The van der Waals surface area contributed by atoms with Gasteiger partial charge in [-0.05, 0) is 30.0 Å². The Hall–Kier alpha value is -1.06. The first-order valence-electron chi connectivity index (χ1n) is 6.88. The van der Waals surface area contributed by atoms with Crippen molar-refractivity contribution in [1.82, 2.24) is 5.32 Å². The van der Waals surface area contributed by atoms with E-state index in [-0.39, 0.29) is 5.41 Å². The maximum Gasteiger partial charge on any atom is 0.122 e. The SMILES string of the molecule is OCC1(CNCc2ccc3c(c2)CCO3)CCC1. The van der Waals surface area contributed by atoms with Gasteiger partial charge in [0.05, 0.1) is 6.61 Å². The zero-order valence-corrected chi connectivity index (χ0v) is 10.7. The number of fused-ring (bicyclic) bond motifs is 1. The molecule has 1 aliphatic heterocycles. The predicted molar refractivity (Wildman–Crippen MR) is 70.7 cm³/mol. The molecule has 0 unspecified atom stereocenters. The number of hydrogen-bond acceptors (Lipinski definition) is 3. The molecule has 1 heterocycles. The van der Waals surface area contributed by atoms with E-state index in [4.69, 9.17) is 4.74 Å². The van der Waals surface area contributed by atoms with Gasteiger partial charge in [0.1, 0.15) is 5.75 Å². The van der Waals surface area contributed by atoms with E-state index < -0.39 is 0 Å². The Kier molecular flexibility index (Phi) is 3.27. The zero-order valence-electron chi connectivity index (χ0n) is 10.7. The van der Waals surface area contributed by atoms with E-state index >= 15 is 0 Å². The predicted octanol–water partition coefficient (Wildman–Crippen LogP) is 1.87. The molecule has 0 aromatic heterocycles. The Balaban J connectivity index is 1.54. The highest BCUT2D eigenvalue weighted by Crippen LogP contribution is 2.39. The molecule has 1 aromatic carbocycles. The van der Waals surface area contributed by atoms with Crippen LogP contribution in [0.15, 0.2) is 18.2 Å². The first-order chi connectivity index (χ1) is 8.81. The summed E-state index contributed by atoms with van der Waals surface area (Å²) in [6.07, 6.45) is 4.62. The number of benzene rings is 1. The fourth-order valence-electron chi connectivity index (χ4n) is 2.89. The minimum absolute atomic E-state index is 0.167. The van der Waals surface area contributed by atoms with Crippen molar-refractivity contribution in [2.75, 3.05) is 19.8 Å². The topological polar surface area (TPSA) is 41.5 Å². The zero-order chi connectivity index (χ0) is 12.4. The molecular formula is C15H21NO2. The van der Waals surface area contributed by atoms with Crippen molar-refractivity contribution in [3.8, 4) is 5.75 Å². The standard InChI is InChI=1S/C15H21NO2/c17-11-15(5-1-6-15)10-16-9-12-2-3-14-13(8-12)4-7-18-14/h2-3,8,16-17H,1,4-7,9-11H2. The van der Waals surface area contributed by atoms with Crippen molar-refractivity contribution in [3.05, 3.63) is 29.3 Å². The van der Waals surface area contributed by atoms with Crippen LogP contribution in [-0.2, 0) is 13.0 Å². The fourth-order valence-corrected chi connectivity index (χ4v) is 2.89. The van der Waals surface area contributed by atoms with Gasteiger partial charge in [-0.1, -0.05) is 18.6 Å². The molecule has 0 spiro atoms. The highest BCUT2D eigenvalue weighted by atomic mass is 16.5. The van der Waals surface area contributed by atoms with Crippen LogP contribution < -0.4 is 10.1 Å². The lowest BCUT2D eigenvalue weighted by molar-refractivity contribution is 0.0445. The summed E-state index contributed by atoms with van der Waals surface area (Å²) in [5.41, 5.74) is 2.81. The monoisotopic (exact) mass is 247 g/mol. The van der Waals surface area contributed by atoms with E-state index in [9.17, 15) is 5.11 Å². The van der Waals surface area contributed by atoms with Crippen LogP contribution in [-0.4, -0.2) is 24.9 Å². The smallest absolute Gasteiger partial charge is 0.122 e. The van der Waals surface area contributed by atoms with Crippen molar-refractivity contribution in [2.24, 2.45) is 5.41 Å². The molecule has 1 aliphatic carbocycles. The number of hydrogen-bond donors (Lipinski definition) is 2. The molecule has 18 heavy (non-hydrogen) atoms. The lowest BCUT2D eigenvalue weighted by Gasteiger charge is -2.40. The van der Waals surface area contributed by atoms with Gasteiger partial charge in [0, 0.05) is 31.5 Å². The molecule has 2 N–H and O–H groups in total. The molecule has 0 radical (unpaired) electrons. The van der Waals surface area contributed by atoms with Gasteiger partial charge in [-0.3, -0.25) is 0 Å². The first-order valence-corrected chi connectivity index (χ1v) is 6.88. The average Bonchev–Trinajstić information content (AvgIpc) is 2.80. The van der Waals surface area contributed by atoms with Crippen LogP contribution in [0.4, 0.5) is 0 Å². The van der Waals surface area contributed by atoms with Gasteiger partial charge in [-0.25, -0.2) is 0 Å². The number of nitrogens with one attached hydrogen (secondary N) is 1. The van der Waals surface area contributed by atoms with Crippen molar-refractivity contribution in [3.63, 3.8) is 0 Å². The van der Waals surface area contributed by atoms with E-state index in [0.29, 0.717) is 6.61 Å². The van der Waals surface area contributed by atoms with Crippen molar-refractivity contribution in [1.29, 1.82) is 0 Å². The van der Waals surface area contributed by atoms with Crippen LogP contribution in [0.5, 0.6) is 5.75 Å². The van der Waals surface area contributed by atoms with Crippen LogP contribution in [0.3, 0.4) is 0 Å². The second-order valence-electron chi connectivity index (χ2n) is 5.66. The summed E-state index contributed by atoms with van der Waals surface area (Å²) >= 11 is 0. The van der Waals surface area contributed by atoms with Crippen LogP contribution in [0, 0.1) is 5.41 Å². The third-order valence-electron chi connectivity index (χ3n) is 4.33. The third kappa shape index (κ3) is 2.25. The third-order valence-corrected chi connectivity index (χ3v) is 4.33. The summed E-state index contributed by atoms with van der Waals surface area (Å²) in [7, 11) is 0. The summed E-state index contributed by atoms with van der Waals surface area (Å²) in [4.78, 5) is 0. The number of rotatable bonds is 5. The first kappa shape index (κ1) is 12.0. The van der Waals surface area contributed by atoms with E-state index in [0.717, 1.165) is 44.7 Å². The van der Waals surface area contributed by atoms with E-state index in [1.165, 1.54) is 17.5 Å².